The Hall–Kier alpha value is -0.960. The van der Waals surface area contributed by atoms with Crippen LogP contribution in [0.2, 0.25) is 0 Å². The predicted octanol–water partition coefficient (Wildman–Crippen LogP) is 4.60. The zero-order chi connectivity index (χ0) is 15.3. The number of carbonyl (C=O) groups excluding carboxylic acids is 1. The van der Waals surface area contributed by atoms with Crippen LogP contribution in [-0.2, 0) is 0 Å². The van der Waals surface area contributed by atoms with Gasteiger partial charge in [-0.25, -0.2) is 0 Å². The van der Waals surface area contributed by atoms with Crippen LogP contribution in [0.25, 0.3) is 0 Å². The lowest BCUT2D eigenvalue weighted by Gasteiger charge is -2.26. The van der Waals surface area contributed by atoms with E-state index in [-0.39, 0.29) is 11.9 Å². The highest BCUT2D eigenvalue weighted by atomic mass is 32.2. The van der Waals surface area contributed by atoms with Gasteiger partial charge >= 0.3 is 0 Å². The summed E-state index contributed by atoms with van der Waals surface area (Å²) in [7, 11) is 0. The van der Waals surface area contributed by atoms with Crippen LogP contribution in [0.3, 0.4) is 0 Å². The van der Waals surface area contributed by atoms with E-state index in [0.717, 1.165) is 10.5 Å². The van der Waals surface area contributed by atoms with E-state index in [4.69, 9.17) is 0 Å². The molecular weight excluding hydrogens is 266 g/mol. The Balaban J connectivity index is 2.91. The van der Waals surface area contributed by atoms with Crippen LogP contribution in [0.15, 0.2) is 29.2 Å². The van der Waals surface area contributed by atoms with Crippen molar-refractivity contribution in [1.82, 2.24) is 5.32 Å². The maximum absolute atomic E-state index is 12.5. The minimum Gasteiger partial charge on any atom is -0.349 e. The zero-order valence-electron chi connectivity index (χ0n) is 13.4. The highest BCUT2D eigenvalue weighted by Gasteiger charge is 2.21. The molecule has 1 aromatic carbocycles. The smallest absolute Gasteiger partial charge is 0.252 e. The van der Waals surface area contributed by atoms with Gasteiger partial charge in [0.15, 0.2) is 0 Å². The second-order valence-electron chi connectivity index (χ2n) is 6.15. The fraction of sp³-hybridized carbons (Fsp3) is 0.588. The summed E-state index contributed by atoms with van der Waals surface area (Å²) in [6.45, 7) is 12.9. The highest BCUT2D eigenvalue weighted by Crippen LogP contribution is 2.26. The molecule has 1 amide bonds. The van der Waals surface area contributed by atoms with Crippen LogP contribution in [0.4, 0.5) is 0 Å². The number of hydrogen-bond donors (Lipinski definition) is 1. The number of carbonyl (C=O) groups is 1. The Kier molecular flexibility index (Phi) is 6.60. The van der Waals surface area contributed by atoms with Gasteiger partial charge in [0.25, 0.3) is 5.91 Å². The minimum atomic E-state index is 0.0427. The van der Waals surface area contributed by atoms with Gasteiger partial charge in [0.2, 0.25) is 0 Å². The summed E-state index contributed by atoms with van der Waals surface area (Å²) in [5.41, 5.74) is 0.789. The lowest BCUT2D eigenvalue weighted by molar-refractivity contribution is 0.0907. The highest BCUT2D eigenvalue weighted by molar-refractivity contribution is 8.00. The molecule has 1 aromatic rings. The summed E-state index contributed by atoms with van der Waals surface area (Å²) in [6, 6.07) is 8.07. The summed E-state index contributed by atoms with van der Waals surface area (Å²) < 4.78 is 0. The van der Waals surface area contributed by atoms with E-state index < -0.39 is 0 Å². The molecule has 20 heavy (non-hydrogen) atoms. The maximum Gasteiger partial charge on any atom is 0.252 e. The molecule has 0 aliphatic carbocycles. The average Bonchev–Trinajstić information content (AvgIpc) is 2.34. The SMILES string of the molecule is CC(C)Sc1ccccc1C(=O)NC(C(C)C)C(C)C. The molecule has 112 valence electrons. The van der Waals surface area contributed by atoms with E-state index in [0.29, 0.717) is 17.1 Å². The second kappa shape index (κ2) is 7.72. The summed E-state index contributed by atoms with van der Waals surface area (Å²) in [6.07, 6.45) is 0. The van der Waals surface area contributed by atoms with Crippen molar-refractivity contribution in [1.29, 1.82) is 0 Å². The standard InChI is InChI=1S/C17H27NOS/c1-11(2)16(12(3)4)18-17(19)14-9-7-8-10-15(14)20-13(5)6/h7-13,16H,1-6H3,(H,18,19). The summed E-state index contributed by atoms with van der Waals surface area (Å²) in [4.78, 5) is 13.6. The van der Waals surface area contributed by atoms with Crippen LogP contribution >= 0.6 is 11.8 Å². The molecule has 0 heterocycles. The molecular formula is C17H27NOS. The van der Waals surface area contributed by atoms with Gasteiger partial charge < -0.3 is 5.32 Å². The number of rotatable bonds is 6. The number of amides is 1. The largest absolute Gasteiger partial charge is 0.349 e. The topological polar surface area (TPSA) is 29.1 Å². The quantitative estimate of drug-likeness (QED) is 0.777. The Morgan fingerprint density at radius 1 is 1.00 bits per heavy atom. The van der Waals surface area contributed by atoms with Gasteiger partial charge in [0.05, 0.1) is 5.56 Å². The predicted molar refractivity (Wildman–Crippen MR) is 88.4 cm³/mol. The third kappa shape index (κ3) is 4.86. The minimum absolute atomic E-state index is 0.0427. The van der Waals surface area contributed by atoms with E-state index >= 15 is 0 Å². The fourth-order valence-corrected chi connectivity index (χ4v) is 3.30. The normalized spacial score (nSPS) is 11.7. The van der Waals surface area contributed by atoms with Crippen molar-refractivity contribution in [3.63, 3.8) is 0 Å². The van der Waals surface area contributed by atoms with Crippen molar-refractivity contribution in [3.05, 3.63) is 29.8 Å². The molecule has 0 spiro atoms. The molecule has 0 unspecified atom stereocenters. The fourth-order valence-electron chi connectivity index (χ4n) is 2.34. The molecule has 2 nitrogen and oxygen atoms in total. The lowest BCUT2D eigenvalue weighted by atomic mass is 9.93. The van der Waals surface area contributed by atoms with Gasteiger partial charge in [-0.05, 0) is 24.0 Å². The first kappa shape index (κ1) is 17.1. The summed E-state index contributed by atoms with van der Waals surface area (Å²) in [5.74, 6) is 0.911. The summed E-state index contributed by atoms with van der Waals surface area (Å²) in [5, 5.41) is 3.66. The van der Waals surface area contributed by atoms with Crippen LogP contribution < -0.4 is 5.32 Å². The first-order chi connectivity index (χ1) is 9.32. The van der Waals surface area contributed by atoms with Gasteiger partial charge in [-0.15, -0.1) is 11.8 Å². The van der Waals surface area contributed by atoms with Crippen LogP contribution in [0.1, 0.15) is 51.9 Å². The van der Waals surface area contributed by atoms with Crippen molar-refractivity contribution in [2.45, 2.75) is 57.7 Å². The molecule has 0 aliphatic heterocycles. The first-order valence-corrected chi connectivity index (χ1v) is 8.27. The van der Waals surface area contributed by atoms with Crippen molar-refractivity contribution < 1.29 is 4.79 Å². The lowest BCUT2D eigenvalue weighted by Crippen LogP contribution is -2.42. The molecule has 0 aliphatic rings. The van der Waals surface area contributed by atoms with E-state index in [2.05, 4.69) is 46.9 Å². The molecule has 0 radical (unpaired) electrons. The number of thioether (sulfide) groups is 1. The van der Waals surface area contributed by atoms with Gasteiger partial charge in [-0.3, -0.25) is 4.79 Å². The Morgan fingerprint density at radius 2 is 1.55 bits per heavy atom. The number of nitrogens with one attached hydrogen (secondary N) is 1. The molecule has 0 saturated heterocycles. The van der Waals surface area contributed by atoms with E-state index in [1.165, 1.54) is 0 Å². The van der Waals surface area contributed by atoms with Gasteiger partial charge in [-0.2, -0.15) is 0 Å². The van der Waals surface area contributed by atoms with E-state index in [1.54, 1.807) is 11.8 Å². The van der Waals surface area contributed by atoms with Crippen LogP contribution in [0.5, 0.6) is 0 Å². The maximum atomic E-state index is 12.5. The van der Waals surface area contributed by atoms with Crippen molar-refractivity contribution >= 4 is 17.7 Å². The number of hydrogen-bond acceptors (Lipinski definition) is 2. The van der Waals surface area contributed by atoms with Crippen molar-refractivity contribution in [3.8, 4) is 0 Å². The third-order valence-electron chi connectivity index (χ3n) is 3.23. The van der Waals surface area contributed by atoms with Crippen molar-refractivity contribution in [2.24, 2.45) is 11.8 Å². The monoisotopic (exact) mass is 293 g/mol. The third-order valence-corrected chi connectivity index (χ3v) is 4.31. The molecule has 0 atom stereocenters. The van der Waals surface area contributed by atoms with Gasteiger partial charge in [0.1, 0.15) is 0 Å². The van der Waals surface area contributed by atoms with Crippen LogP contribution in [-0.4, -0.2) is 17.2 Å². The first-order valence-electron chi connectivity index (χ1n) is 7.39. The number of benzene rings is 1. The molecule has 1 N–H and O–H groups in total. The molecule has 0 bridgehead atoms. The van der Waals surface area contributed by atoms with Gasteiger partial charge in [0, 0.05) is 16.2 Å². The molecule has 0 saturated carbocycles. The van der Waals surface area contributed by atoms with E-state index in [9.17, 15) is 4.79 Å². The van der Waals surface area contributed by atoms with Crippen molar-refractivity contribution in [2.75, 3.05) is 0 Å². The zero-order valence-corrected chi connectivity index (χ0v) is 14.3. The van der Waals surface area contributed by atoms with Crippen LogP contribution in [0, 0.1) is 11.8 Å². The Labute approximate surface area is 127 Å². The second-order valence-corrected chi connectivity index (χ2v) is 7.77. The molecule has 1 rings (SSSR count). The Bertz CT molecular complexity index is 432. The molecule has 0 fully saturated rings. The van der Waals surface area contributed by atoms with E-state index in [1.807, 2.05) is 24.3 Å². The Morgan fingerprint density at radius 3 is 2.05 bits per heavy atom. The average molecular weight is 293 g/mol. The summed E-state index contributed by atoms with van der Waals surface area (Å²) >= 11 is 1.74. The molecule has 3 heteroatoms. The molecule has 0 aromatic heterocycles. The van der Waals surface area contributed by atoms with Gasteiger partial charge in [-0.1, -0.05) is 53.7 Å².